The first-order valence-corrected chi connectivity index (χ1v) is 7.44. The van der Waals surface area contributed by atoms with Crippen molar-refractivity contribution in [2.24, 2.45) is 0 Å². The van der Waals surface area contributed by atoms with Crippen LogP contribution in [0, 0.1) is 0 Å². The summed E-state index contributed by atoms with van der Waals surface area (Å²) in [4.78, 5) is 11.6. The van der Waals surface area contributed by atoms with Crippen LogP contribution in [0.2, 0.25) is 0 Å². The monoisotopic (exact) mass is 271 g/mol. The largest absolute Gasteiger partial charge is 0.463 e. The fourth-order valence-corrected chi connectivity index (χ4v) is 2.47. The second-order valence-electron chi connectivity index (χ2n) is 5.24. The molecule has 19 heavy (non-hydrogen) atoms. The van der Waals surface area contributed by atoms with Gasteiger partial charge in [0.15, 0.2) is 0 Å². The number of carbonyl (C=O) groups is 1. The van der Waals surface area contributed by atoms with Crippen LogP contribution in [0.1, 0.15) is 38.5 Å². The average Bonchev–Trinajstić information content (AvgIpc) is 2.47. The fraction of sp³-hybridized carbons (Fsp3) is 0.929. The van der Waals surface area contributed by atoms with Crippen LogP contribution in [-0.2, 0) is 19.0 Å². The second kappa shape index (κ2) is 8.51. The summed E-state index contributed by atoms with van der Waals surface area (Å²) in [5.41, 5.74) is 0. The Labute approximate surface area is 115 Å². The minimum absolute atomic E-state index is 0.100. The molecule has 2 aliphatic rings. The van der Waals surface area contributed by atoms with Gasteiger partial charge in [-0.25, -0.2) is 0 Å². The molecular formula is C14H25NO4. The Kier molecular flexibility index (Phi) is 6.61. The van der Waals surface area contributed by atoms with E-state index < -0.39 is 0 Å². The molecule has 1 atom stereocenters. The number of piperidine rings is 1. The Morgan fingerprint density at radius 1 is 1.21 bits per heavy atom. The van der Waals surface area contributed by atoms with Crippen molar-refractivity contribution in [3.8, 4) is 0 Å². The third-order valence-electron chi connectivity index (χ3n) is 3.65. The molecule has 110 valence electrons. The van der Waals surface area contributed by atoms with Gasteiger partial charge in [0.05, 0.1) is 25.2 Å². The van der Waals surface area contributed by atoms with Crippen molar-refractivity contribution < 1.29 is 19.0 Å². The number of nitrogens with one attached hydrogen (secondary N) is 1. The maximum Gasteiger partial charge on any atom is 0.308 e. The van der Waals surface area contributed by atoms with Crippen LogP contribution in [0.15, 0.2) is 0 Å². The maximum atomic E-state index is 11.6. The molecule has 2 aliphatic heterocycles. The third-order valence-corrected chi connectivity index (χ3v) is 3.65. The van der Waals surface area contributed by atoms with Crippen molar-refractivity contribution in [1.29, 1.82) is 0 Å². The predicted octanol–water partition coefficient (Wildman–Crippen LogP) is 1.26. The van der Waals surface area contributed by atoms with Gasteiger partial charge in [-0.3, -0.25) is 4.79 Å². The molecular weight excluding hydrogens is 246 g/mol. The van der Waals surface area contributed by atoms with Gasteiger partial charge in [-0.05, 0) is 45.2 Å². The summed E-state index contributed by atoms with van der Waals surface area (Å²) in [6, 6.07) is 0. The summed E-state index contributed by atoms with van der Waals surface area (Å²) < 4.78 is 16.4. The lowest BCUT2D eigenvalue weighted by Crippen LogP contribution is -2.33. The van der Waals surface area contributed by atoms with Gasteiger partial charge in [-0.15, -0.1) is 0 Å². The van der Waals surface area contributed by atoms with Gasteiger partial charge >= 0.3 is 5.97 Å². The van der Waals surface area contributed by atoms with E-state index in [1.807, 2.05) is 0 Å². The second-order valence-corrected chi connectivity index (χ2v) is 5.24. The molecule has 0 aromatic heterocycles. The normalized spacial score (nSPS) is 25.2. The topological polar surface area (TPSA) is 56.8 Å². The molecule has 5 nitrogen and oxygen atoms in total. The van der Waals surface area contributed by atoms with Crippen LogP contribution in [0.4, 0.5) is 0 Å². The zero-order chi connectivity index (χ0) is 13.3. The number of rotatable bonds is 6. The molecule has 1 N–H and O–H groups in total. The molecule has 5 heteroatoms. The standard InChI is InChI=1S/C14H25NO4/c16-14(19-11-13-3-1-2-9-17-13)6-10-18-12-4-7-15-8-5-12/h12-13,15H,1-11H2. The Hall–Kier alpha value is -0.650. The Balaban J connectivity index is 1.49. The molecule has 2 fully saturated rings. The van der Waals surface area contributed by atoms with Crippen LogP contribution in [0.25, 0.3) is 0 Å². The minimum Gasteiger partial charge on any atom is -0.463 e. The molecule has 1 unspecified atom stereocenters. The average molecular weight is 271 g/mol. The van der Waals surface area contributed by atoms with Crippen molar-refractivity contribution >= 4 is 5.97 Å². The summed E-state index contributed by atoms with van der Waals surface area (Å²) >= 11 is 0. The highest BCUT2D eigenvalue weighted by molar-refractivity contribution is 5.69. The summed E-state index contributed by atoms with van der Waals surface area (Å²) in [7, 11) is 0. The first kappa shape index (κ1) is 14.8. The van der Waals surface area contributed by atoms with Crippen molar-refractivity contribution in [1.82, 2.24) is 5.32 Å². The zero-order valence-electron chi connectivity index (χ0n) is 11.6. The van der Waals surface area contributed by atoms with Crippen LogP contribution < -0.4 is 5.32 Å². The summed E-state index contributed by atoms with van der Waals surface area (Å²) in [6.07, 6.45) is 6.10. The van der Waals surface area contributed by atoms with E-state index in [1.54, 1.807) is 0 Å². The number of hydrogen-bond donors (Lipinski definition) is 1. The first-order valence-electron chi connectivity index (χ1n) is 7.44. The highest BCUT2D eigenvalue weighted by Gasteiger charge is 2.17. The molecule has 0 amide bonds. The molecule has 0 saturated carbocycles. The molecule has 0 radical (unpaired) electrons. The lowest BCUT2D eigenvalue weighted by molar-refractivity contribution is -0.150. The number of esters is 1. The van der Waals surface area contributed by atoms with E-state index in [1.165, 1.54) is 6.42 Å². The number of ether oxygens (including phenoxy) is 3. The Morgan fingerprint density at radius 3 is 2.79 bits per heavy atom. The Bertz CT molecular complexity index is 260. The van der Waals surface area contributed by atoms with E-state index in [2.05, 4.69) is 5.32 Å². The Morgan fingerprint density at radius 2 is 2.05 bits per heavy atom. The fourth-order valence-electron chi connectivity index (χ4n) is 2.47. The van der Waals surface area contributed by atoms with Gasteiger partial charge in [0.1, 0.15) is 6.61 Å². The van der Waals surface area contributed by atoms with E-state index in [9.17, 15) is 4.79 Å². The van der Waals surface area contributed by atoms with Crippen molar-refractivity contribution in [3.05, 3.63) is 0 Å². The maximum absolute atomic E-state index is 11.6. The molecule has 0 spiro atoms. The molecule has 0 aromatic carbocycles. The van der Waals surface area contributed by atoms with Crippen LogP contribution in [0.5, 0.6) is 0 Å². The van der Waals surface area contributed by atoms with E-state index in [0.29, 0.717) is 25.7 Å². The zero-order valence-corrected chi connectivity index (χ0v) is 11.6. The van der Waals surface area contributed by atoms with Gasteiger partial charge in [0.25, 0.3) is 0 Å². The van der Waals surface area contributed by atoms with Crippen LogP contribution in [0.3, 0.4) is 0 Å². The predicted molar refractivity (Wildman–Crippen MR) is 71.0 cm³/mol. The van der Waals surface area contributed by atoms with E-state index in [0.717, 1.165) is 45.4 Å². The van der Waals surface area contributed by atoms with Gasteiger partial charge in [0, 0.05) is 6.61 Å². The first-order chi connectivity index (χ1) is 9.34. The van der Waals surface area contributed by atoms with E-state index in [4.69, 9.17) is 14.2 Å². The van der Waals surface area contributed by atoms with Crippen LogP contribution >= 0.6 is 0 Å². The number of carbonyl (C=O) groups excluding carboxylic acids is 1. The van der Waals surface area contributed by atoms with E-state index >= 15 is 0 Å². The van der Waals surface area contributed by atoms with Gasteiger partial charge in [-0.1, -0.05) is 0 Å². The smallest absolute Gasteiger partial charge is 0.308 e. The van der Waals surface area contributed by atoms with Gasteiger partial charge < -0.3 is 19.5 Å². The summed E-state index contributed by atoms with van der Waals surface area (Å²) in [5.74, 6) is -0.178. The van der Waals surface area contributed by atoms with Gasteiger partial charge in [0.2, 0.25) is 0 Å². The quantitative estimate of drug-likeness (QED) is 0.737. The molecule has 0 aromatic rings. The SMILES string of the molecule is O=C(CCOC1CCNCC1)OCC1CCCCO1. The molecule has 0 bridgehead atoms. The van der Waals surface area contributed by atoms with E-state index in [-0.39, 0.29) is 12.1 Å². The molecule has 2 heterocycles. The van der Waals surface area contributed by atoms with Crippen LogP contribution in [-0.4, -0.2) is 51.1 Å². The van der Waals surface area contributed by atoms with Crippen molar-refractivity contribution in [2.45, 2.75) is 50.7 Å². The molecule has 2 rings (SSSR count). The highest BCUT2D eigenvalue weighted by Crippen LogP contribution is 2.13. The van der Waals surface area contributed by atoms with Crippen molar-refractivity contribution in [2.75, 3.05) is 32.9 Å². The molecule has 2 saturated heterocycles. The number of hydrogen-bond acceptors (Lipinski definition) is 5. The summed E-state index contributed by atoms with van der Waals surface area (Å²) in [6.45, 7) is 3.67. The van der Waals surface area contributed by atoms with Gasteiger partial charge in [-0.2, -0.15) is 0 Å². The third kappa shape index (κ3) is 5.89. The molecule has 0 aliphatic carbocycles. The van der Waals surface area contributed by atoms with Crippen molar-refractivity contribution in [3.63, 3.8) is 0 Å². The highest BCUT2D eigenvalue weighted by atomic mass is 16.6. The minimum atomic E-state index is -0.178. The summed E-state index contributed by atoms with van der Waals surface area (Å²) in [5, 5.41) is 3.29. The lowest BCUT2D eigenvalue weighted by atomic mass is 10.1. The lowest BCUT2D eigenvalue weighted by Gasteiger charge is -2.23.